The number of nitrogens with zero attached hydrogens (tertiary/aromatic N) is 3. The standard InChI is InChI=1S/C18H29N3O.C17H25N.CH2O2/c1-4-11-21(17-9-12-20(3)13-10-17)18(22)19-14-16-7-5-15(2)6-8-16;1-3-7-15(8-4-1)13-18-12-11-17(14-18)16-9-5-2-6-10-16;2-1-3/h5-8,17H,4,9-14H2,1-3H3,(H,19,22);2,5-6,9-10,15,17H,1,3-4,7-8,11-14H2;1H,(H,2,3)/t;17-;/m.1./s1. The number of benzene rings is 2. The zero-order valence-corrected chi connectivity index (χ0v) is 26.9. The van der Waals surface area contributed by atoms with Gasteiger partial charge in [0.2, 0.25) is 0 Å². The van der Waals surface area contributed by atoms with E-state index in [2.05, 4.69) is 90.6 Å². The molecule has 5 rings (SSSR count). The van der Waals surface area contributed by atoms with Crippen molar-refractivity contribution in [3.63, 3.8) is 0 Å². The average Bonchev–Trinajstić information content (AvgIpc) is 3.50. The van der Waals surface area contributed by atoms with Crippen LogP contribution in [-0.2, 0) is 11.3 Å². The molecule has 2 amide bonds. The molecule has 0 radical (unpaired) electrons. The van der Waals surface area contributed by atoms with Crippen LogP contribution in [0.5, 0.6) is 0 Å². The second kappa shape index (κ2) is 19.4. The van der Waals surface area contributed by atoms with E-state index >= 15 is 0 Å². The molecule has 2 aromatic carbocycles. The summed E-state index contributed by atoms with van der Waals surface area (Å²) in [5, 5.41) is 9.97. The lowest BCUT2D eigenvalue weighted by Gasteiger charge is -2.37. The van der Waals surface area contributed by atoms with Crippen LogP contribution in [0.25, 0.3) is 0 Å². The monoisotopic (exact) mass is 592 g/mol. The Kier molecular flexibility index (Phi) is 15.6. The first kappa shape index (κ1) is 34.6. The third kappa shape index (κ3) is 12.3. The van der Waals surface area contributed by atoms with Crippen LogP contribution in [0.4, 0.5) is 4.79 Å². The van der Waals surface area contributed by atoms with E-state index < -0.39 is 0 Å². The van der Waals surface area contributed by atoms with Crippen LogP contribution in [0.3, 0.4) is 0 Å². The third-order valence-electron chi connectivity index (χ3n) is 9.20. The predicted octanol–water partition coefficient (Wildman–Crippen LogP) is 6.77. The number of aryl methyl sites for hydroxylation is 1. The zero-order chi connectivity index (χ0) is 30.9. The number of hydrogen-bond donors (Lipinski definition) is 2. The Bertz CT molecular complexity index is 1030. The molecule has 43 heavy (non-hydrogen) atoms. The van der Waals surface area contributed by atoms with Gasteiger partial charge in [-0.25, -0.2) is 4.79 Å². The van der Waals surface area contributed by atoms with Gasteiger partial charge in [-0.3, -0.25) is 4.79 Å². The third-order valence-corrected chi connectivity index (χ3v) is 9.20. The van der Waals surface area contributed by atoms with E-state index in [1.54, 1.807) is 5.56 Å². The Balaban J connectivity index is 0.000000219. The normalized spacial score (nSPS) is 19.8. The number of carboxylic acid groups (broad SMARTS) is 1. The van der Waals surface area contributed by atoms with E-state index in [1.165, 1.54) is 63.7 Å². The van der Waals surface area contributed by atoms with Crippen molar-refractivity contribution in [2.45, 2.75) is 90.1 Å². The smallest absolute Gasteiger partial charge is 0.317 e. The highest BCUT2D eigenvalue weighted by Gasteiger charge is 2.27. The molecular weight excluding hydrogens is 536 g/mol. The summed E-state index contributed by atoms with van der Waals surface area (Å²) < 4.78 is 0. The summed E-state index contributed by atoms with van der Waals surface area (Å²) in [4.78, 5) is 28.0. The van der Waals surface area contributed by atoms with Gasteiger partial charge in [0.1, 0.15) is 0 Å². The molecule has 2 aliphatic heterocycles. The van der Waals surface area contributed by atoms with Crippen LogP contribution in [0, 0.1) is 12.8 Å². The number of rotatable bonds is 8. The molecule has 1 saturated carbocycles. The molecule has 3 aliphatic rings. The number of carbonyl (C=O) groups excluding carboxylic acids is 1. The molecule has 238 valence electrons. The average molecular weight is 593 g/mol. The first-order valence-corrected chi connectivity index (χ1v) is 16.6. The van der Waals surface area contributed by atoms with Crippen LogP contribution in [0.15, 0.2) is 54.6 Å². The number of likely N-dealkylation sites (tertiary alicyclic amines) is 2. The fourth-order valence-electron chi connectivity index (χ4n) is 6.71. The van der Waals surface area contributed by atoms with Gasteiger partial charge in [0.25, 0.3) is 6.47 Å². The van der Waals surface area contributed by atoms with Gasteiger partial charge in [0.15, 0.2) is 0 Å². The minimum Gasteiger partial charge on any atom is -0.483 e. The maximum Gasteiger partial charge on any atom is 0.317 e. The number of piperidine rings is 1. The molecule has 1 atom stereocenters. The molecule has 2 saturated heterocycles. The van der Waals surface area contributed by atoms with Crippen molar-refractivity contribution in [2.24, 2.45) is 5.92 Å². The molecule has 3 fully saturated rings. The molecule has 2 N–H and O–H groups in total. The highest BCUT2D eigenvalue weighted by Crippen LogP contribution is 2.30. The number of nitrogens with one attached hydrogen (secondary N) is 1. The van der Waals surface area contributed by atoms with Crippen molar-refractivity contribution < 1.29 is 14.7 Å². The summed E-state index contributed by atoms with van der Waals surface area (Å²) in [5.74, 6) is 1.78. The van der Waals surface area contributed by atoms with Crippen molar-refractivity contribution in [1.82, 2.24) is 20.0 Å². The van der Waals surface area contributed by atoms with Crippen LogP contribution in [0.2, 0.25) is 0 Å². The number of hydrogen-bond acceptors (Lipinski definition) is 4. The molecular formula is C36H56N4O3. The maximum absolute atomic E-state index is 12.6. The highest BCUT2D eigenvalue weighted by atomic mass is 16.3. The summed E-state index contributed by atoms with van der Waals surface area (Å²) in [7, 11) is 2.15. The lowest BCUT2D eigenvalue weighted by molar-refractivity contribution is -0.122. The fourth-order valence-corrected chi connectivity index (χ4v) is 6.71. The van der Waals surface area contributed by atoms with Gasteiger partial charge in [0.05, 0.1) is 0 Å². The van der Waals surface area contributed by atoms with Gasteiger partial charge >= 0.3 is 6.03 Å². The Labute approximate surface area is 260 Å². The molecule has 0 aromatic heterocycles. The zero-order valence-electron chi connectivity index (χ0n) is 26.9. The largest absolute Gasteiger partial charge is 0.483 e. The van der Waals surface area contributed by atoms with Gasteiger partial charge in [-0.05, 0) is 95.1 Å². The minimum atomic E-state index is -0.250. The molecule has 0 bridgehead atoms. The van der Waals surface area contributed by atoms with Gasteiger partial charge in [-0.15, -0.1) is 0 Å². The molecule has 1 aliphatic carbocycles. The molecule has 0 unspecified atom stereocenters. The minimum absolute atomic E-state index is 0.0805. The van der Waals surface area contributed by atoms with Crippen molar-refractivity contribution >= 4 is 12.5 Å². The van der Waals surface area contributed by atoms with Crippen LogP contribution in [0.1, 0.15) is 87.3 Å². The van der Waals surface area contributed by atoms with Gasteiger partial charge in [0, 0.05) is 32.2 Å². The van der Waals surface area contributed by atoms with E-state index in [-0.39, 0.29) is 12.5 Å². The van der Waals surface area contributed by atoms with E-state index in [0.717, 1.165) is 56.3 Å². The van der Waals surface area contributed by atoms with E-state index in [4.69, 9.17) is 9.90 Å². The first-order valence-electron chi connectivity index (χ1n) is 16.6. The summed E-state index contributed by atoms with van der Waals surface area (Å²) in [5.41, 5.74) is 3.94. The predicted molar refractivity (Wildman–Crippen MR) is 176 cm³/mol. The Hall–Kier alpha value is -2.90. The van der Waals surface area contributed by atoms with Crippen molar-refractivity contribution in [1.29, 1.82) is 0 Å². The second-order valence-electron chi connectivity index (χ2n) is 12.6. The summed E-state index contributed by atoms with van der Waals surface area (Å²) in [6.07, 6.45) is 11.9. The quantitative estimate of drug-likeness (QED) is 0.331. The van der Waals surface area contributed by atoms with Crippen molar-refractivity contribution in [2.75, 3.05) is 46.3 Å². The molecule has 7 nitrogen and oxygen atoms in total. The molecule has 7 heteroatoms. The van der Waals surface area contributed by atoms with E-state index in [1.807, 2.05) is 4.90 Å². The molecule has 2 heterocycles. The number of carbonyl (C=O) groups is 2. The van der Waals surface area contributed by atoms with Crippen molar-refractivity contribution in [3.05, 3.63) is 71.3 Å². The SMILES string of the molecule is CCCN(C(=O)NCc1ccc(C)cc1)C1CCN(C)CC1.O=CO.c1ccc([C@@H]2CCN(CC3CCCCC3)C2)cc1. The lowest BCUT2D eigenvalue weighted by Crippen LogP contribution is -2.50. The van der Waals surface area contributed by atoms with Crippen LogP contribution < -0.4 is 5.32 Å². The molecule has 2 aromatic rings. The summed E-state index contributed by atoms with van der Waals surface area (Å²) in [6.45, 7) is 11.5. The lowest BCUT2D eigenvalue weighted by atomic mass is 9.89. The molecule has 0 spiro atoms. The number of amides is 2. The Morgan fingerprint density at radius 1 is 0.953 bits per heavy atom. The fraction of sp³-hybridized carbons (Fsp3) is 0.611. The van der Waals surface area contributed by atoms with Crippen LogP contribution >= 0.6 is 0 Å². The highest BCUT2D eigenvalue weighted by molar-refractivity contribution is 5.74. The second-order valence-corrected chi connectivity index (χ2v) is 12.6. The first-order chi connectivity index (χ1) is 20.9. The summed E-state index contributed by atoms with van der Waals surface area (Å²) in [6, 6.07) is 19.9. The van der Waals surface area contributed by atoms with Gasteiger partial charge in [-0.1, -0.05) is 86.3 Å². The van der Waals surface area contributed by atoms with Crippen molar-refractivity contribution in [3.8, 4) is 0 Å². The maximum atomic E-state index is 12.6. The Morgan fingerprint density at radius 2 is 1.60 bits per heavy atom. The topological polar surface area (TPSA) is 76.1 Å². The van der Waals surface area contributed by atoms with Crippen LogP contribution in [-0.4, -0.2) is 84.7 Å². The van der Waals surface area contributed by atoms with Gasteiger partial charge < -0.3 is 25.1 Å². The van der Waals surface area contributed by atoms with E-state index in [9.17, 15) is 4.79 Å². The summed E-state index contributed by atoms with van der Waals surface area (Å²) >= 11 is 0. The van der Waals surface area contributed by atoms with Gasteiger partial charge in [-0.2, -0.15) is 0 Å². The Morgan fingerprint density at radius 3 is 2.23 bits per heavy atom. The number of urea groups is 1. The van der Waals surface area contributed by atoms with E-state index in [0.29, 0.717) is 12.6 Å².